The molecule has 0 aliphatic heterocycles. The van der Waals surface area contributed by atoms with Gasteiger partial charge in [0.2, 0.25) is 0 Å². The Morgan fingerprint density at radius 1 is 1.10 bits per heavy atom. The summed E-state index contributed by atoms with van der Waals surface area (Å²) in [5.74, 6) is -1.08. The highest BCUT2D eigenvalue weighted by Gasteiger charge is 2.19. The van der Waals surface area contributed by atoms with Crippen LogP contribution in [-0.2, 0) is 0 Å². The highest BCUT2D eigenvalue weighted by molar-refractivity contribution is 6.37. The molecule has 0 bridgehead atoms. The first-order valence-electron chi connectivity index (χ1n) is 5.83. The van der Waals surface area contributed by atoms with Gasteiger partial charge in [-0.05, 0) is 30.3 Å². The van der Waals surface area contributed by atoms with Crippen molar-refractivity contribution in [1.82, 2.24) is 4.98 Å². The number of H-pyrrole nitrogens is 1. The fourth-order valence-corrected chi connectivity index (χ4v) is 2.57. The number of hydrogen-bond acceptors (Lipinski definition) is 1. The summed E-state index contributed by atoms with van der Waals surface area (Å²) in [5, 5.41) is 1.28. The van der Waals surface area contributed by atoms with Crippen LogP contribution < -0.4 is 0 Å². The van der Waals surface area contributed by atoms with Crippen molar-refractivity contribution in [3.05, 3.63) is 69.6 Å². The molecule has 0 aliphatic carbocycles. The van der Waals surface area contributed by atoms with Crippen LogP contribution in [0.1, 0.15) is 15.9 Å². The van der Waals surface area contributed by atoms with Gasteiger partial charge in [-0.2, -0.15) is 0 Å². The maximum Gasteiger partial charge on any atom is 0.198 e. The monoisotopic (exact) mass is 307 g/mol. The van der Waals surface area contributed by atoms with Gasteiger partial charge < -0.3 is 4.98 Å². The molecule has 100 valence electrons. The lowest BCUT2D eigenvalue weighted by Gasteiger charge is -2.03. The zero-order chi connectivity index (χ0) is 14.3. The molecule has 0 amide bonds. The molecule has 3 aromatic rings. The minimum atomic E-state index is -0.649. The number of aromatic amines is 1. The van der Waals surface area contributed by atoms with Gasteiger partial charge in [-0.1, -0.05) is 29.3 Å². The minimum absolute atomic E-state index is 0.0322. The topological polar surface area (TPSA) is 32.9 Å². The summed E-state index contributed by atoms with van der Waals surface area (Å²) in [6.07, 6.45) is 1.53. The number of carbonyl (C=O) groups excluding carboxylic acids is 1. The smallest absolute Gasteiger partial charge is 0.198 e. The first kappa shape index (κ1) is 13.2. The lowest BCUT2D eigenvalue weighted by atomic mass is 10.0. The zero-order valence-corrected chi connectivity index (χ0v) is 11.6. The van der Waals surface area contributed by atoms with E-state index in [1.807, 2.05) is 0 Å². The largest absolute Gasteiger partial charge is 0.360 e. The summed E-state index contributed by atoms with van der Waals surface area (Å²) in [6.45, 7) is 0. The molecule has 0 spiro atoms. The molecule has 0 saturated heterocycles. The maximum absolute atomic E-state index is 13.8. The molecule has 1 N–H and O–H groups in total. The maximum atomic E-state index is 13.8. The van der Waals surface area contributed by atoms with Crippen LogP contribution in [-0.4, -0.2) is 10.8 Å². The predicted molar refractivity (Wildman–Crippen MR) is 78.2 cm³/mol. The van der Waals surface area contributed by atoms with Crippen molar-refractivity contribution in [2.24, 2.45) is 0 Å². The van der Waals surface area contributed by atoms with Crippen LogP contribution in [0.5, 0.6) is 0 Å². The van der Waals surface area contributed by atoms with Gasteiger partial charge in [-0.15, -0.1) is 0 Å². The molecule has 0 aliphatic rings. The number of ketones is 1. The van der Waals surface area contributed by atoms with Gasteiger partial charge in [0, 0.05) is 27.7 Å². The minimum Gasteiger partial charge on any atom is -0.360 e. The van der Waals surface area contributed by atoms with Crippen molar-refractivity contribution < 1.29 is 9.18 Å². The fourth-order valence-electron chi connectivity index (χ4n) is 2.14. The second-order valence-electron chi connectivity index (χ2n) is 4.32. The van der Waals surface area contributed by atoms with E-state index in [1.54, 1.807) is 18.2 Å². The van der Waals surface area contributed by atoms with Gasteiger partial charge in [-0.25, -0.2) is 4.39 Å². The van der Waals surface area contributed by atoms with Crippen LogP contribution in [0.25, 0.3) is 10.9 Å². The third kappa shape index (κ3) is 2.09. The van der Waals surface area contributed by atoms with Crippen molar-refractivity contribution in [1.29, 1.82) is 0 Å². The lowest BCUT2D eigenvalue weighted by Crippen LogP contribution is -2.03. The van der Waals surface area contributed by atoms with Crippen LogP contribution in [0.15, 0.2) is 42.6 Å². The number of hydrogen-bond donors (Lipinski definition) is 1. The van der Waals surface area contributed by atoms with Crippen LogP contribution in [0.4, 0.5) is 4.39 Å². The van der Waals surface area contributed by atoms with Crippen LogP contribution in [0, 0.1) is 5.82 Å². The van der Waals surface area contributed by atoms with Gasteiger partial charge >= 0.3 is 0 Å². The Kier molecular flexibility index (Phi) is 3.24. The van der Waals surface area contributed by atoms with E-state index in [0.29, 0.717) is 16.0 Å². The molecule has 2 nitrogen and oxygen atoms in total. The fraction of sp³-hybridized carbons (Fsp3) is 0. The molecule has 5 heteroatoms. The number of fused-ring (bicyclic) bond motifs is 1. The summed E-state index contributed by atoms with van der Waals surface area (Å²) in [4.78, 5) is 15.4. The Bertz CT molecular complexity index is 826. The molecule has 0 saturated carbocycles. The van der Waals surface area contributed by atoms with E-state index in [-0.39, 0.29) is 10.6 Å². The van der Waals surface area contributed by atoms with Gasteiger partial charge in [0.1, 0.15) is 5.82 Å². The van der Waals surface area contributed by atoms with Gasteiger partial charge in [0.15, 0.2) is 5.78 Å². The van der Waals surface area contributed by atoms with E-state index in [0.717, 1.165) is 11.6 Å². The second kappa shape index (κ2) is 4.93. The Hall–Kier alpha value is -1.84. The molecule has 1 aromatic heterocycles. The Balaban J connectivity index is 2.18. The van der Waals surface area contributed by atoms with Gasteiger partial charge in [0.05, 0.1) is 10.6 Å². The van der Waals surface area contributed by atoms with E-state index in [4.69, 9.17) is 23.2 Å². The summed E-state index contributed by atoms with van der Waals surface area (Å²) < 4.78 is 13.8. The van der Waals surface area contributed by atoms with Gasteiger partial charge in [0.25, 0.3) is 0 Å². The average Bonchev–Trinajstić information content (AvgIpc) is 2.83. The van der Waals surface area contributed by atoms with E-state index in [2.05, 4.69) is 4.98 Å². The SMILES string of the molecule is O=C(c1ccc(Cl)cc1F)c1c[nH]c2cccc(Cl)c12. The van der Waals surface area contributed by atoms with Crippen molar-refractivity contribution in [3.8, 4) is 0 Å². The molecule has 1 heterocycles. The first-order chi connectivity index (χ1) is 9.58. The Labute approximate surface area is 124 Å². The summed E-state index contributed by atoms with van der Waals surface area (Å²) in [7, 11) is 0. The molecule has 0 fully saturated rings. The van der Waals surface area contributed by atoms with Crippen LogP contribution in [0.2, 0.25) is 10.0 Å². The third-order valence-corrected chi connectivity index (χ3v) is 3.63. The normalized spacial score (nSPS) is 10.9. The van der Waals surface area contributed by atoms with E-state index >= 15 is 0 Å². The third-order valence-electron chi connectivity index (χ3n) is 3.08. The van der Waals surface area contributed by atoms with Crippen molar-refractivity contribution in [3.63, 3.8) is 0 Å². The standard InChI is InChI=1S/C15H8Cl2FNO/c16-8-4-5-9(12(18)6-8)15(20)10-7-19-13-3-1-2-11(17)14(10)13/h1-7,19H. The van der Waals surface area contributed by atoms with E-state index < -0.39 is 11.6 Å². The molecule has 0 radical (unpaired) electrons. The van der Waals surface area contributed by atoms with Gasteiger partial charge in [-0.3, -0.25) is 4.79 Å². The highest BCUT2D eigenvalue weighted by Crippen LogP contribution is 2.29. The highest BCUT2D eigenvalue weighted by atomic mass is 35.5. The molecule has 3 rings (SSSR count). The summed E-state index contributed by atoms with van der Waals surface area (Å²) in [5.41, 5.74) is 1.04. The number of carbonyl (C=O) groups is 1. The Morgan fingerprint density at radius 3 is 2.65 bits per heavy atom. The van der Waals surface area contributed by atoms with Crippen LogP contribution in [0.3, 0.4) is 0 Å². The zero-order valence-electron chi connectivity index (χ0n) is 10.1. The quantitative estimate of drug-likeness (QED) is 0.675. The summed E-state index contributed by atoms with van der Waals surface area (Å²) in [6, 6.07) is 9.23. The van der Waals surface area contributed by atoms with Crippen molar-refractivity contribution in [2.75, 3.05) is 0 Å². The summed E-state index contributed by atoms with van der Waals surface area (Å²) >= 11 is 11.8. The Morgan fingerprint density at radius 2 is 1.90 bits per heavy atom. The molecular weight excluding hydrogens is 300 g/mol. The average molecular weight is 308 g/mol. The molecule has 0 atom stereocenters. The number of nitrogens with one attached hydrogen (secondary N) is 1. The van der Waals surface area contributed by atoms with Crippen molar-refractivity contribution in [2.45, 2.75) is 0 Å². The second-order valence-corrected chi connectivity index (χ2v) is 5.16. The predicted octanol–water partition coefficient (Wildman–Crippen LogP) is 4.84. The van der Waals surface area contributed by atoms with Crippen LogP contribution >= 0.6 is 23.2 Å². The number of halogens is 3. The number of aromatic nitrogens is 1. The number of rotatable bonds is 2. The van der Waals surface area contributed by atoms with Crippen molar-refractivity contribution >= 4 is 39.9 Å². The lowest BCUT2D eigenvalue weighted by molar-refractivity contribution is 0.103. The van der Waals surface area contributed by atoms with E-state index in [9.17, 15) is 9.18 Å². The number of benzene rings is 2. The molecular formula is C15H8Cl2FNO. The van der Waals surface area contributed by atoms with E-state index in [1.165, 1.54) is 18.3 Å². The molecule has 2 aromatic carbocycles. The first-order valence-corrected chi connectivity index (χ1v) is 6.59. The molecule has 0 unspecified atom stereocenters. The molecule has 20 heavy (non-hydrogen) atoms.